The first-order chi connectivity index (χ1) is 15.1. The summed E-state index contributed by atoms with van der Waals surface area (Å²) in [7, 11) is 3.14. The highest BCUT2D eigenvalue weighted by atomic mass is 79.9. The number of benzene rings is 3. The van der Waals surface area contributed by atoms with Crippen LogP contribution in [0.2, 0.25) is 0 Å². The maximum atomic E-state index is 13.0. The molecule has 0 N–H and O–H groups in total. The second-order valence-electron chi connectivity index (χ2n) is 6.80. The molecule has 0 spiro atoms. The first-order valence-electron chi connectivity index (χ1n) is 9.63. The summed E-state index contributed by atoms with van der Waals surface area (Å²) in [5.74, 6) is 0.654. The summed E-state index contributed by atoms with van der Waals surface area (Å²) in [6, 6.07) is 22.3. The smallest absolute Gasteiger partial charge is 0.339 e. The molecule has 156 valence electrons. The van der Waals surface area contributed by atoms with Gasteiger partial charge in [0.1, 0.15) is 0 Å². The van der Waals surface area contributed by atoms with Crippen LogP contribution in [-0.2, 0) is 4.74 Å². The number of ether oxygens (including phenoxy) is 3. The Morgan fingerprint density at radius 2 is 1.58 bits per heavy atom. The molecule has 0 bridgehead atoms. The highest BCUT2D eigenvalue weighted by Crippen LogP contribution is 2.40. The molecule has 0 aliphatic carbocycles. The van der Waals surface area contributed by atoms with Crippen LogP contribution in [0.1, 0.15) is 27.7 Å². The summed E-state index contributed by atoms with van der Waals surface area (Å²) in [5.41, 5.74) is 1.80. The molecule has 1 atom stereocenters. The Labute approximate surface area is 188 Å². The van der Waals surface area contributed by atoms with Gasteiger partial charge in [-0.2, -0.15) is 0 Å². The lowest BCUT2D eigenvalue weighted by Gasteiger charge is -2.22. The molecule has 0 saturated heterocycles. The molecule has 0 saturated carbocycles. The van der Waals surface area contributed by atoms with Crippen molar-refractivity contribution in [2.75, 3.05) is 14.2 Å². The normalized spacial score (nSPS) is 11.7. The van der Waals surface area contributed by atoms with E-state index in [9.17, 15) is 4.79 Å². The van der Waals surface area contributed by atoms with Gasteiger partial charge in [0, 0.05) is 21.6 Å². The van der Waals surface area contributed by atoms with Crippen molar-refractivity contribution in [2.24, 2.45) is 0 Å². The summed E-state index contributed by atoms with van der Waals surface area (Å²) in [5, 5.41) is 1.91. The Kier molecular flexibility index (Phi) is 6.18. The van der Waals surface area contributed by atoms with Crippen molar-refractivity contribution in [3.8, 4) is 11.5 Å². The van der Waals surface area contributed by atoms with E-state index in [1.807, 2.05) is 36.4 Å². The van der Waals surface area contributed by atoms with Gasteiger partial charge in [-0.3, -0.25) is 4.98 Å². The molecule has 0 aliphatic heterocycles. The lowest BCUT2D eigenvalue weighted by atomic mass is 10.00. The molecule has 0 unspecified atom stereocenters. The van der Waals surface area contributed by atoms with Gasteiger partial charge in [-0.05, 0) is 35.7 Å². The maximum Gasteiger partial charge on any atom is 0.339 e. The van der Waals surface area contributed by atoms with Crippen molar-refractivity contribution in [2.45, 2.75) is 6.10 Å². The van der Waals surface area contributed by atoms with Crippen LogP contribution >= 0.6 is 15.9 Å². The molecule has 0 amide bonds. The van der Waals surface area contributed by atoms with Crippen LogP contribution in [-0.4, -0.2) is 25.2 Å². The van der Waals surface area contributed by atoms with Gasteiger partial charge in [0.25, 0.3) is 0 Å². The van der Waals surface area contributed by atoms with E-state index in [2.05, 4.69) is 20.9 Å². The quantitative estimate of drug-likeness (QED) is 0.320. The first kappa shape index (κ1) is 20.9. The summed E-state index contributed by atoms with van der Waals surface area (Å²) < 4.78 is 17.6. The number of halogens is 1. The summed E-state index contributed by atoms with van der Waals surface area (Å²) in [4.78, 5) is 17.6. The maximum absolute atomic E-state index is 13.0. The van der Waals surface area contributed by atoms with Crippen LogP contribution in [0, 0.1) is 0 Å². The first-order valence-corrected chi connectivity index (χ1v) is 10.4. The van der Waals surface area contributed by atoms with E-state index < -0.39 is 12.1 Å². The molecule has 0 fully saturated rings. The molecule has 5 nitrogen and oxygen atoms in total. The Morgan fingerprint density at radius 1 is 0.903 bits per heavy atom. The van der Waals surface area contributed by atoms with Gasteiger partial charge in [0.05, 0.1) is 25.5 Å². The average Bonchev–Trinajstić information content (AvgIpc) is 2.82. The fourth-order valence-electron chi connectivity index (χ4n) is 3.44. The Balaban J connectivity index is 1.88. The topological polar surface area (TPSA) is 57.7 Å². The zero-order chi connectivity index (χ0) is 21.8. The molecule has 1 aromatic heterocycles. The predicted octanol–water partition coefficient (Wildman–Crippen LogP) is 5.96. The number of nitrogens with zero attached hydrogens (tertiary/aromatic N) is 1. The minimum atomic E-state index is -0.770. The molecular weight excluding hydrogens is 458 g/mol. The van der Waals surface area contributed by atoms with Crippen LogP contribution in [0.5, 0.6) is 11.5 Å². The lowest BCUT2D eigenvalue weighted by molar-refractivity contribution is 0.0372. The third-order valence-electron chi connectivity index (χ3n) is 4.97. The molecule has 1 heterocycles. The number of fused-ring (bicyclic) bond motifs is 1. The summed E-state index contributed by atoms with van der Waals surface area (Å²) in [6.07, 6.45) is 0.948. The molecule has 4 rings (SSSR count). The molecule has 31 heavy (non-hydrogen) atoms. The van der Waals surface area contributed by atoms with Crippen LogP contribution in [0.4, 0.5) is 0 Å². The second kappa shape index (κ2) is 9.18. The molecular formula is C25H20BrNO4. The number of carbonyl (C=O) groups is 1. The Bertz CT molecular complexity index is 1220. The van der Waals surface area contributed by atoms with E-state index in [4.69, 9.17) is 14.2 Å². The van der Waals surface area contributed by atoms with Crippen LogP contribution in [0.25, 0.3) is 10.8 Å². The van der Waals surface area contributed by atoms with E-state index >= 15 is 0 Å². The van der Waals surface area contributed by atoms with Gasteiger partial charge in [-0.25, -0.2) is 4.79 Å². The van der Waals surface area contributed by atoms with Gasteiger partial charge < -0.3 is 14.2 Å². The number of aromatic nitrogens is 1. The lowest BCUT2D eigenvalue weighted by Crippen LogP contribution is -2.15. The fourth-order valence-corrected chi connectivity index (χ4v) is 3.97. The van der Waals surface area contributed by atoms with Crippen molar-refractivity contribution in [1.82, 2.24) is 4.98 Å². The van der Waals surface area contributed by atoms with Crippen molar-refractivity contribution in [3.05, 3.63) is 100 Å². The van der Waals surface area contributed by atoms with E-state index in [1.165, 1.54) is 0 Å². The fraction of sp³-hybridized carbons (Fsp3) is 0.120. The number of hydrogen-bond donors (Lipinski definition) is 0. The predicted molar refractivity (Wildman–Crippen MR) is 123 cm³/mol. The van der Waals surface area contributed by atoms with Gasteiger partial charge in [-0.1, -0.05) is 58.4 Å². The minimum absolute atomic E-state index is 0.443. The number of hydrogen-bond acceptors (Lipinski definition) is 5. The minimum Gasteiger partial charge on any atom is -0.493 e. The monoisotopic (exact) mass is 477 g/mol. The third kappa shape index (κ3) is 4.25. The summed E-state index contributed by atoms with van der Waals surface area (Å²) >= 11 is 3.60. The van der Waals surface area contributed by atoms with Gasteiger partial charge in [0.2, 0.25) is 0 Å². The molecule has 4 aromatic rings. The SMILES string of the molecule is COc1cc(Br)c([C@@H](OC(=O)c2ccccc2)c2nccc3ccccc23)cc1OC. The van der Waals surface area contributed by atoms with E-state index in [-0.39, 0.29) is 0 Å². The van der Waals surface area contributed by atoms with E-state index in [1.54, 1.807) is 56.8 Å². The van der Waals surface area contributed by atoms with Crippen molar-refractivity contribution in [1.29, 1.82) is 0 Å². The van der Waals surface area contributed by atoms with Crippen LogP contribution in [0.15, 0.2) is 83.5 Å². The average molecular weight is 478 g/mol. The van der Waals surface area contributed by atoms with Crippen molar-refractivity contribution in [3.63, 3.8) is 0 Å². The second-order valence-corrected chi connectivity index (χ2v) is 7.65. The van der Waals surface area contributed by atoms with Crippen molar-refractivity contribution >= 4 is 32.7 Å². The molecule has 6 heteroatoms. The zero-order valence-corrected chi connectivity index (χ0v) is 18.6. The Morgan fingerprint density at radius 3 is 2.32 bits per heavy atom. The molecule has 0 radical (unpaired) electrons. The number of esters is 1. The highest BCUT2D eigenvalue weighted by molar-refractivity contribution is 9.10. The number of rotatable bonds is 6. The van der Waals surface area contributed by atoms with Crippen LogP contribution in [0.3, 0.4) is 0 Å². The number of carbonyl (C=O) groups excluding carboxylic acids is 1. The number of pyridine rings is 1. The summed E-state index contributed by atoms with van der Waals surface area (Å²) in [6.45, 7) is 0. The van der Waals surface area contributed by atoms with E-state index in [0.717, 1.165) is 10.8 Å². The van der Waals surface area contributed by atoms with Gasteiger partial charge >= 0.3 is 5.97 Å². The standard InChI is InChI=1S/C25H20BrNO4/c1-29-21-14-19(20(26)15-22(21)30-2)24(31-25(28)17-9-4-3-5-10-17)23-18-11-7-6-8-16(18)12-13-27-23/h3-15,24H,1-2H3/t24-/m1/s1. The number of methoxy groups -OCH3 is 2. The van der Waals surface area contributed by atoms with Crippen LogP contribution < -0.4 is 9.47 Å². The third-order valence-corrected chi connectivity index (χ3v) is 5.66. The molecule has 0 aliphatic rings. The highest BCUT2D eigenvalue weighted by Gasteiger charge is 2.27. The Hall–Kier alpha value is -3.38. The zero-order valence-electron chi connectivity index (χ0n) is 17.0. The van der Waals surface area contributed by atoms with Crippen molar-refractivity contribution < 1.29 is 19.0 Å². The van der Waals surface area contributed by atoms with E-state index in [0.29, 0.717) is 32.8 Å². The van der Waals surface area contributed by atoms with Gasteiger partial charge in [-0.15, -0.1) is 0 Å². The van der Waals surface area contributed by atoms with Gasteiger partial charge in [0.15, 0.2) is 17.6 Å². The molecule has 3 aromatic carbocycles. The largest absolute Gasteiger partial charge is 0.493 e.